The molecule has 0 aliphatic carbocycles. The zero-order chi connectivity index (χ0) is 52.2. The molecule has 0 amide bonds. The molecule has 1 unspecified atom stereocenters. The Bertz CT molecular complexity index is 1520. The summed E-state index contributed by atoms with van der Waals surface area (Å²) in [4.78, 5) is 38.1. The van der Waals surface area contributed by atoms with Gasteiger partial charge in [-0.15, -0.1) is 0 Å². The molecule has 0 rings (SSSR count). The summed E-state index contributed by atoms with van der Waals surface area (Å²) >= 11 is 0. The van der Waals surface area contributed by atoms with Crippen molar-refractivity contribution in [2.45, 2.75) is 264 Å². The van der Waals surface area contributed by atoms with Gasteiger partial charge in [-0.25, -0.2) is 0 Å². The predicted molar refractivity (Wildman–Crippen MR) is 311 cm³/mol. The van der Waals surface area contributed by atoms with Crippen molar-refractivity contribution in [3.63, 3.8) is 0 Å². The molecule has 1 atom stereocenters. The van der Waals surface area contributed by atoms with E-state index >= 15 is 0 Å². The van der Waals surface area contributed by atoms with E-state index in [0.717, 1.165) is 122 Å². The van der Waals surface area contributed by atoms with Crippen LogP contribution in [0.2, 0.25) is 0 Å². The Morgan fingerprint density at radius 2 is 0.569 bits per heavy atom. The highest BCUT2D eigenvalue weighted by molar-refractivity contribution is 5.71. The molecule has 0 N–H and O–H groups in total. The summed E-state index contributed by atoms with van der Waals surface area (Å²) in [6.07, 6.45) is 82.0. The molecular formula is C66H108O6. The second-order valence-electron chi connectivity index (χ2n) is 19.2. The van der Waals surface area contributed by atoms with Crippen LogP contribution in [0.25, 0.3) is 0 Å². The number of allylic oxidation sites excluding steroid dienone is 20. The smallest absolute Gasteiger partial charge is 0.306 e. The van der Waals surface area contributed by atoms with E-state index < -0.39 is 6.10 Å². The number of esters is 3. The van der Waals surface area contributed by atoms with Crippen molar-refractivity contribution in [3.05, 3.63) is 122 Å². The molecule has 0 heterocycles. The summed E-state index contributed by atoms with van der Waals surface area (Å²) < 4.78 is 16.8. The molecule has 0 spiro atoms. The van der Waals surface area contributed by atoms with Crippen molar-refractivity contribution < 1.29 is 28.6 Å². The predicted octanol–water partition coefficient (Wildman–Crippen LogP) is 20.0. The highest BCUT2D eigenvalue weighted by Gasteiger charge is 2.19. The third-order valence-corrected chi connectivity index (χ3v) is 12.2. The third-order valence-electron chi connectivity index (χ3n) is 12.2. The maximum absolute atomic E-state index is 12.8. The first-order valence-electron chi connectivity index (χ1n) is 29.5. The summed E-state index contributed by atoms with van der Waals surface area (Å²) in [6, 6.07) is 0. The molecular weight excluding hydrogens is 889 g/mol. The van der Waals surface area contributed by atoms with Crippen molar-refractivity contribution in [1.29, 1.82) is 0 Å². The van der Waals surface area contributed by atoms with Crippen molar-refractivity contribution in [3.8, 4) is 0 Å². The molecule has 0 fully saturated rings. The van der Waals surface area contributed by atoms with E-state index in [9.17, 15) is 14.4 Å². The highest BCUT2D eigenvalue weighted by Crippen LogP contribution is 2.14. The molecule has 72 heavy (non-hydrogen) atoms. The molecule has 0 aromatic heterocycles. The van der Waals surface area contributed by atoms with Gasteiger partial charge in [0.25, 0.3) is 0 Å². The van der Waals surface area contributed by atoms with Gasteiger partial charge in [-0.3, -0.25) is 14.4 Å². The number of hydrogen-bond acceptors (Lipinski definition) is 6. The van der Waals surface area contributed by atoms with Gasteiger partial charge in [0.05, 0.1) is 0 Å². The second kappa shape index (κ2) is 59.4. The first kappa shape index (κ1) is 67.8. The summed E-state index contributed by atoms with van der Waals surface area (Å²) in [5, 5.41) is 0. The Morgan fingerprint density at radius 1 is 0.292 bits per heavy atom. The zero-order valence-electron chi connectivity index (χ0n) is 46.7. The van der Waals surface area contributed by atoms with E-state index in [-0.39, 0.29) is 31.1 Å². The normalized spacial score (nSPS) is 13.0. The second-order valence-corrected chi connectivity index (χ2v) is 19.2. The third kappa shape index (κ3) is 56.7. The van der Waals surface area contributed by atoms with Gasteiger partial charge in [0.2, 0.25) is 0 Å². The van der Waals surface area contributed by atoms with Gasteiger partial charge in [-0.05, 0) is 128 Å². The van der Waals surface area contributed by atoms with Crippen LogP contribution < -0.4 is 0 Å². The molecule has 0 aromatic carbocycles. The molecule has 6 heteroatoms. The van der Waals surface area contributed by atoms with E-state index in [0.29, 0.717) is 25.7 Å². The first-order chi connectivity index (χ1) is 35.5. The van der Waals surface area contributed by atoms with E-state index in [1.165, 1.54) is 89.9 Å². The Balaban J connectivity index is 4.39. The number of rotatable bonds is 52. The minimum Gasteiger partial charge on any atom is -0.462 e. The Labute approximate surface area is 443 Å². The lowest BCUT2D eigenvalue weighted by molar-refractivity contribution is -0.167. The number of carbonyl (C=O) groups is 3. The molecule has 408 valence electrons. The monoisotopic (exact) mass is 997 g/mol. The molecule has 0 aliphatic heterocycles. The lowest BCUT2D eigenvalue weighted by Gasteiger charge is -2.18. The topological polar surface area (TPSA) is 78.9 Å². The van der Waals surface area contributed by atoms with Gasteiger partial charge in [-0.1, -0.05) is 232 Å². The fourth-order valence-electron chi connectivity index (χ4n) is 7.75. The van der Waals surface area contributed by atoms with Crippen LogP contribution in [0.3, 0.4) is 0 Å². The first-order valence-corrected chi connectivity index (χ1v) is 29.5. The summed E-state index contributed by atoms with van der Waals surface area (Å²) in [5.74, 6) is -0.962. The fraction of sp³-hybridized carbons (Fsp3) is 0.652. The summed E-state index contributed by atoms with van der Waals surface area (Å²) in [5.41, 5.74) is 0. The lowest BCUT2D eigenvalue weighted by Crippen LogP contribution is -2.30. The van der Waals surface area contributed by atoms with Crippen LogP contribution in [-0.2, 0) is 28.6 Å². The number of carbonyl (C=O) groups excluding carboxylic acids is 3. The quantitative estimate of drug-likeness (QED) is 0.0261. The Kier molecular flexibility index (Phi) is 55.9. The van der Waals surface area contributed by atoms with Crippen molar-refractivity contribution >= 4 is 17.9 Å². The Morgan fingerprint density at radius 3 is 0.944 bits per heavy atom. The molecule has 0 saturated heterocycles. The molecule has 0 aliphatic rings. The van der Waals surface area contributed by atoms with Gasteiger partial charge >= 0.3 is 17.9 Å². The lowest BCUT2D eigenvalue weighted by atomic mass is 10.1. The standard InChI is InChI=1S/C66H108O6/c1-4-7-10-13-16-19-22-24-26-28-29-30-31-32-33-34-35-36-37-39-40-42-44-47-50-53-56-59-65(68)71-62-63(61-70-64(67)58-55-52-49-46-21-18-15-12-9-6-3)72-66(69)60-57-54-51-48-45-43-41-38-27-25-23-20-17-14-11-8-5-2/h7,10,12,15-16,19,24-27,29-30,32-33,35-36,39-40,44,47,63H,4-6,8-9,11,13-14,17-18,20-23,28,31,34,37-38,41-43,45-46,48-62H2,1-3H3/b10-7-,15-12-,19-16-,26-24-,27-25-,30-29-,33-32-,36-35-,40-39-,47-44-. The molecule has 0 aromatic rings. The van der Waals surface area contributed by atoms with E-state index in [2.05, 4.69) is 142 Å². The van der Waals surface area contributed by atoms with Crippen LogP contribution in [0.4, 0.5) is 0 Å². The molecule has 0 radical (unpaired) electrons. The fourth-order valence-corrected chi connectivity index (χ4v) is 7.75. The number of hydrogen-bond donors (Lipinski definition) is 0. The maximum Gasteiger partial charge on any atom is 0.306 e. The molecule has 0 bridgehead atoms. The Hall–Kier alpha value is -4.19. The average Bonchev–Trinajstić information content (AvgIpc) is 3.38. The largest absolute Gasteiger partial charge is 0.462 e. The van der Waals surface area contributed by atoms with Gasteiger partial charge in [0.15, 0.2) is 6.10 Å². The van der Waals surface area contributed by atoms with Crippen molar-refractivity contribution in [2.24, 2.45) is 0 Å². The van der Waals surface area contributed by atoms with Crippen molar-refractivity contribution in [1.82, 2.24) is 0 Å². The maximum atomic E-state index is 12.8. The SMILES string of the molecule is CC/C=C\C/C=C\C/C=C\C/C=C\C/C=C\C/C=C\C/C=C\C/C=C\CCCCC(=O)OCC(COC(=O)CCCCCCC/C=C\CCC)OC(=O)CCCCCCCCC/C=C\CCCCCCCC. The highest BCUT2D eigenvalue weighted by atomic mass is 16.6. The molecule has 0 saturated carbocycles. The van der Waals surface area contributed by atoms with Crippen LogP contribution in [0.15, 0.2) is 122 Å². The number of ether oxygens (including phenoxy) is 3. The van der Waals surface area contributed by atoms with Gasteiger partial charge in [-0.2, -0.15) is 0 Å². The summed E-state index contributed by atoms with van der Waals surface area (Å²) in [7, 11) is 0. The van der Waals surface area contributed by atoms with Crippen LogP contribution >= 0.6 is 0 Å². The average molecular weight is 998 g/mol. The van der Waals surface area contributed by atoms with Gasteiger partial charge in [0.1, 0.15) is 13.2 Å². The number of unbranched alkanes of at least 4 members (excludes halogenated alkanes) is 21. The van der Waals surface area contributed by atoms with E-state index in [4.69, 9.17) is 14.2 Å². The van der Waals surface area contributed by atoms with E-state index in [1.54, 1.807) is 0 Å². The van der Waals surface area contributed by atoms with Gasteiger partial charge in [0, 0.05) is 19.3 Å². The van der Waals surface area contributed by atoms with Crippen molar-refractivity contribution in [2.75, 3.05) is 13.2 Å². The minimum atomic E-state index is -0.804. The van der Waals surface area contributed by atoms with Crippen LogP contribution in [0, 0.1) is 0 Å². The zero-order valence-corrected chi connectivity index (χ0v) is 46.7. The molecule has 6 nitrogen and oxygen atoms in total. The van der Waals surface area contributed by atoms with Crippen LogP contribution in [0.5, 0.6) is 0 Å². The minimum absolute atomic E-state index is 0.100. The van der Waals surface area contributed by atoms with E-state index in [1.807, 2.05) is 0 Å². The van der Waals surface area contributed by atoms with Crippen LogP contribution in [-0.4, -0.2) is 37.2 Å². The van der Waals surface area contributed by atoms with Crippen LogP contribution in [0.1, 0.15) is 258 Å². The summed E-state index contributed by atoms with van der Waals surface area (Å²) in [6.45, 7) is 6.41. The van der Waals surface area contributed by atoms with Gasteiger partial charge < -0.3 is 14.2 Å².